The van der Waals surface area contributed by atoms with E-state index in [1.165, 1.54) is 38.0 Å². The molecule has 0 amide bonds. The molecule has 0 radical (unpaired) electrons. The van der Waals surface area contributed by atoms with Crippen molar-refractivity contribution in [2.75, 3.05) is 33.3 Å². The van der Waals surface area contributed by atoms with Gasteiger partial charge in [0, 0.05) is 12.6 Å². The molecule has 2 unspecified atom stereocenters. The average molecular weight is 290 g/mol. The number of hydrogen-bond acceptors (Lipinski definition) is 3. The molecule has 0 spiro atoms. The third-order valence-corrected chi connectivity index (χ3v) is 4.61. The monoisotopic (exact) mass is 290 g/mol. The highest BCUT2D eigenvalue weighted by Gasteiger charge is 2.19. The fourth-order valence-electron chi connectivity index (χ4n) is 3.26. The number of rotatable bonds is 7. The van der Waals surface area contributed by atoms with Gasteiger partial charge in [0.05, 0.1) is 7.11 Å². The van der Waals surface area contributed by atoms with Crippen molar-refractivity contribution in [2.45, 2.75) is 39.2 Å². The Morgan fingerprint density at radius 1 is 1.33 bits per heavy atom. The van der Waals surface area contributed by atoms with Crippen molar-refractivity contribution in [2.24, 2.45) is 5.92 Å². The predicted molar refractivity (Wildman–Crippen MR) is 89.0 cm³/mol. The smallest absolute Gasteiger partial charge is 0.118 e. The zero-order chi connectivity index (χ0) is 15.1. The van der Waals surface area contributed by atoms with Gasteiger partial charge in [0.25, 0.3) is 0 Å². The van der Waals surface area contributed by atoms with Gasteiger partial charge in [-0.3, -0.25) is 0 Å². The number of ether oxygens (including phenoxy) is 1. The van der Waals surface area contributed by atoms with E-state index in [2.05, 4.69) is 48.3 Å². The Bertz CT molecular complexity index is 398. The summed E-state index contributed by atoms with van der Waals surface area (Å²) in [6.07, 6.45) is 3.81. The largest absolute Gasteiger partial charge is 0.497 e. The number of piperidine rings is 1. The summed E-state index contributed by atoms with van der Waals surface area (Å²) in [5, 5.41) is 3.53. The molecule has 1 saturated heterocycles. The minimum atomic E-state index is 0.588. The van der Waals surface area contributed by atoms with Gasteiger partial charge in [-0.1, -0.05) is 19.1 Å². The first-order valence-corrected chi connectivity index (χ1v) is 8.30. The molecule has 1 N–H and O–H groups in total. The van der Waals surface area contributed by atoms with Crippen LogP contribution in [0.3, 0.4) is 0 Å². The molecule has 1 aromatic rings. The highest BCUT2D eigenvalue weighted by Crippen LogP contribution is 2.17. The van der Waals surface area contributed by atoms with Gasteiger partial charge >= 0.3 is 0 Å². The van der Waals surface area contributed by atoms with Gasteiger partial charge in [-0.15, -0.1) is 0 Å². The maximum Gasteiger partial charge on any atom is 0.118 e. The number of nitrogens with one attached hydrogen (secondary N) is 1. The fraction of sp³-hybridized carbons (Fsp3) is 0.667. The molecule has 1 heterocycles. The first-order chi connectivity index (χ1) is 10.2. The zero-order valence-electron chi connectivity index (χ0n) is 13.8. The number of nitrogens with zero attached hydrogens (tertiary/aromatic N) is 1. The quantitative estimate of drug-likeness (QED) is 0.835. The topological polar surface area (TPSA) is 24.5 Å². The first kappa shape index (κ1) is 16.3. The minimum absolute atomic E-state index is 0.588. The first-order valence-electron chi connectivity index (χ1n) is 8.30. The van der Waals surface area contributed by atoms with E-state index >= 15 is 0 Å². The van der Waals surface area contributed by atoms with Crippen molar-refractivity contribution >= 4 is 0 Å². The fourth-order valence-corrected chi connectivity index (χ4v) is 3.26. The van der Waals surface area contributed by atoms with Gasteiger partial charge in [0.15, 0.2) is 0 Å². The Labute approximate surface area is 129 Å². The molecule has 0 bridgehead atoms. The predicted octanol–water partition coefficient (Wildman–Crippen LogP) is 2.95. The summed E-state index contributed by atoms with van der Waals surface area (Å²) in [7, 11) is 1.72. The molecular weight excluding hydrogens is 260 g/mol. The molecule has 2 rings (SSSR count). The SMILES string of the molecule is CCN(CC1CCCNC1)C(C)Cc1ccc(OC)cc1. The van der Waals surface area contributed by atoms with Crippen LogP contribution >= 0.6 is 0 Å². The highest BCUT2D eigenvalue weighted by molar-refractivity contribution is 5.27. The van der Waals surface area contributed by atoms with Crippen LogP contribution in [0.2, 0.25) is 0 Å². The molecule has 1 aliphatic heterocycles. The lowest BCUT2D eigenvalue weighted by Gasteiger charge is -2.33. The molecule has 2 atom stereocenters. The molecule has 21 heavy (non-hydrogen) atoms. The maximum absolute atomic E-state index is 5.23. The second-order valence-corrected chi connectivity index (χ2v) is 6.20. The Hall–Kier alpha value is -1.06. The summed E-state index contributed by atoms with van der Waals surface area (Å²) < 4.78 is 5.23. The van der Waals surface area contributed by atoms with Gasteiger partial charge in [-0.25, -0.2) is 0 Å². The molecule has 0 saturated carbocycles. The number of methoxy groups -OCH3 is 1. The van der Waals surface area contributed by atoms with Crippen molar-refractivity contribution in [3.63, 3.8) is 0 Å². The van der Waals surface area contributed by atoms with E-state index < -0.39 is 0 Å². The summed E-state index contributed by atoms with van der Waals surface area (Å²) >= 11 is 0. The van der Waals surface area contributed by atoms with Gasteiger partial charge < -0.3 is 15.0 Å². The number of hydrogen-bond donors (Lipinski definition) is 1. The number of benzene rings is 1. The maximum atomic E-state index is 5.23. The van der Waals surface area contributed by atoms with Gasteiger partial charge in [0.2, 0.25) is 0 Å². The lowest BCUT2D eigenvalue weighted by molar-refractivity contribution is 0.169. The minimum Gasteiger partial charge on any atom is -0.497 e. The zero-order valence-corrected chi connectivity index (χ0v) is 13.8. The lowest BCUT2D eigenvalue weighted by atomic mass is 9.97. The van der Waals surface area contributed by atoms with Crippen LogP contribution in [0.4, 0.5) is 0 Å². The van der Waals surface area contributed by atoms with Crippen LogP contribution in [-0.2, 0) is 6.42 Å². The Morgan fingerprint density at radius 3 is 2.67 bits per heavy atom. The van der Waals surface area contributed by atoms with Crippen molar-refractivity contribution in [3.05, 3.63) is 29.8 Å². The third-order valence-electron chi connectivity index (χ3n) is 4.61. The summed E-state index contributed by atoms with van der Waals surface area (Å²) in [6, 6.07) is 9.08. The van der Waals surface area contributed by atoms with Crippen molar-refractivity contribution in [3.8, 4) is 5.75 Å². The standard InChI is InChI=1S/C18H30N2O/c1-4-20(14-17-6-5-11-19-13-17)15(2)12-16-7-9-18(21-3)10-8-16/h7-10,15,17,19H,4-6,11-14H2,1-3H3. The van der Waals surface area contributed by atoms with Crippen LogP contribution in [0, 0.1) is 5.92 Å². The van der Waals surface area contributed by atoms with E-state index in [1.807, 2.05) is 0 Å². The molecule has 0 aliphatic carbocycles. The van der Waals surface area contributed by atoms with E-state index in [-0.39, 0.29) is 0 Å². The highest BCUT2D eigenvalue weighted by atomic mass is 16.5. The van der Waals surface area contributed by atoms with Crippen LogP contribution < -0.4 is 10.1 Å². The normalized spacial score (nSPS) is 20.5. The van der Waals surface area contributed by atoms with Crippen LogP contribution in [0.1, 0.15) is 32.3 Å². The van der Waals surface area contributed by atoms with Gasteiger partial charge in [-0.2, -0.15) is 0 Å². The molecule has 3 heteroatoms. The van der Waals surface area contributed by atoms with Crippen LogP contribution in [0.5, 0.6) is 5.75 Å². The van der Waals surface area contributed by atoms with Crippen molar-refractivity contribution in [1.29, 1.82) is 0 Å². The lowest BCUT2D eigenvalue weighted by Crippen LogP contribution is -2.42. The Balaban J connectivity index is 1.87. The summed E-state index contributed by atoms with van der Waals surface area (Å²) in [4.78, 5) is 2.63. The summed E-state index contributed by atoms with van der Waals surface area (Å²) in [6.45, 7) is 9.37. The van der Waals surface area contributed by atoms with Crippen LogP contribution in [0.25, 0.3) is 0 Å². The molecule has 1 aliphatic rings. The molecule has 118 valence electrons. The van der Waals surface area contributed by atoms with E-state index in [9.17, 15) is 0 Å². The Morgan fingerprint density at radius 2 is 2.10 bits per heavy atom. The van der Waals surface area contributed by atoms with E-state index in [0.29, 0.717) is 6.04 Å². The average Bonchev–Trinajstić information content (AvgIpc) is 2.54. The van der Waals surface area contributed by atoms with E-state index in [0.717, 1.165) is 24.6 Å². The number of likely N-dealkylation sites (N-methyl/N-ethyl adjacent to an activating group) is 1. The van der Waals surface area contributed by atoms with Crippen molar-refractivity contribution in [1.82, 2.24) is 10.2 Å². The van der Waals surface area contributed by atoms with Crippen LogP contribution in [0.15, 0.2) is 24.3 Å². The molecular formula is C18H30N2O. The van der Waals surface area contributed by atoms with Crippen molar-refractivity contribution < 1.29 is 4.74 Å². The van der Waals surface area contributed by atoms with E-state index in [4.69, 9.17) is 4.74 Å². The Kier molecular flexibility index (Phi) is 6.52. The third kappa shape index (κ3) is 5.01. The van der Waals surface area contributed by atoms with Crippen LogP contribution in [-0.4, -0.2) is 44.2 Å². The molecule has 3 nitrogen and oxygen atoms in total. The molecule has 1 fully saturated rings. The second-order valence-electron chi connectivity index (χ2n) is 6.20. The van der Waals surface area contributed by atoms with Gasteiger partial charge in [0.1, 0.15) is 5.75 Å². The molecule has 1 aromatic carbocycles. The van der Waals surface area contributed by atoms with Gasteiger partial charge in [-0.05, 0) is 69.4 Å². The summed E-state index contributed by atoms with van der Waals surface area (Å²) in [5.74, 6) is 1.75. The summed E-state index contributed by atoms with van der Waals surface area (Å²) in [5.41, 5.74) is 1.39. The second kappa shape index (κ2) is 8.40. The molecule has 0 aromatic heterocycles. The van der Waals surface area contributed by atoms with E-state index in [1.54, 1.807) is 7.11 Å².